The van der Waals surface area contributed by atoms with Crippen LogP contribution in [0.25, 0.3) is 33.6 Å². The highest BCUT2D eigenvalue weighted by Crippen LogP contribution is 2.51. The summed E-state index contributed by atoms with van der Waals surface area (Å²) < 4.78 is 27.2. The SMILES string of the molecule is COc1nc(-c2cccc(-c3ccnc(-c4ccc5c(c4)S(O)(O)CCNC5)c3Cl)c2Cl)ccc1CNCC1CCC(=O)N1. The largest absolute Gasteiger partial charge is 0.481 e. The number of ether oxygens (including phenoxy) is 1. The fraction of sp³-hybridized carbons (Fsp3) is 0.281. The van der Waals surface area contributed by atoms with Gasteiger partial charge >= 0.3 is 0 Å². The number of methoxy groups -OCH3 is 1. The van der Waals surface area contributed by atoms with Crippen molar-refractivity contribution >= 4 is 39.7 Å². The fourth-order valence-electron chi connectivity index (χ4n) is 5.63. The Labute approximate surface area is 267 Å². The summed E-state index contributed by atoms with van der Waals surface area (Å²) in [5, 5.41) is 10.5. The first-order valence-electron chi connectivity index (χ1n) is 14.3. The summed E-state index contributed by atoms with van der Waals surface area (Å²) in [6.45, 7) is 2.30. The van der Waals surface area contributed by atoms with Crippen molar-refractivity contribution in [2.45, 2.75) is 36.9 Å². The molecule has 0 spiro atoms. The van der Waals surface area contributed by atoms with Gasteiger partial charge in [0.15, 0.2) is 0 Å². The number of pyridine rings is 2. The minimum Gasteiger partial charge on any atom is -0.481 e. The van der Waals surface area contributed by atoms with Gasteiger partial charge in [0.2, 0.25) is 11.8 Å². The third-order valence-electron chi connectivity index (χ3n) is 7.95. The molecule has 1 saturated heterocycles. The maximum absolute atomic E-state index is 11.5. The number of nitrogens with zero attached hydrogens (tertiary/aromatic N) is 2. The molecule has 2 aliphatic rings. The van der Waals surface area contributed by atoms with Crippen LogP contribution in [0, 0.1) is 0 Å². The molecule has 1 unspecified atom stereocenters. The highest BCUT2D eigenvalue weighted by Gasteiger charge is 2.25. The van der Waals surface area contributed by atoms with E-state index >= 15 is 0 Å². The Bertz CT molecular complexity index is 1720. The van der Waals surface area contributed by atoms with Crippen molar-refractivity contribution in [1.82, 2.24) is 25.9 Å². The predicted molar refractivity (Wildman–Crippen MR) is 175 cm³/mol. The highest BCUT2D eigenvalue weighted by atomic mass is 35.5. The third kappa shape index (κ3) is 6.29. The van der Waals surface area contributed by atoms with Crippen LogP contribution in [0.5, 0.6) is 5.88 Å². The summed E-state index contributed by atoms with van der Waals surface area (Å²) in [5.41, 5.74) is 5.73. The molecule has 6 rings (SSSR count). The van der Waals surface area contributed by atoms with E-state index in [0.29, 0.717) is 81.5 Å². The molecule has 1 atom stereocenters. The Balaban J connectivity index is 1.29. The molecule has 0 radical (unpaired) electrons. The van der Waals surface area contributed by atoms with Gasteiger partial charge in [0, 0.05) is 72.7 Å². The Morgan fingerprint density at radius 3 is 2.68 bits per heavy atom. The third-order valence-corrected chi connectivity index (χ3v) is 10.6. The van der Waals surface area contributed by atoms with Gasteiger partial charge in [-0.05, 0) is 30.2 Å². The van der Waals surface area contributed by atoms with Crippen LogP contribution in [0.15, 0.2) is 65.7 Å². The average molecular weight is 655 g/mol. The van der Waals surface area contributed by atoms with Gasteiger partial charge in [-0.3, -0.25) is 18.9 Å². The molecule has 0 saturated carbocycles. The lowest BCUT2D eigenvalue weighted by molar-refractivity contribution is -0.119. The van der Waals surface area contributed by atoms with Gasteiger partial charge in [-0.25, -0.2) is 4.98 Å². The van der Waals surface area contributed by atoms with Crippen molar-refractivity contribution in [3.8, 4) is 39.5 Å². The van der Waals surface area contributed by atoms with Crippen LogP contribution in [0.2, 0.25) is 10.0 Å². The molecule has 4 aromatic rings. The van der Waals surface area contributed by atoms with Gasteiger partial charge in [0.25, 0.3) is 0 Å². The van der Waals surface area contributed by atoms with E-state index in [2.05, 4.69) is 20.9 Å². The van der Waals surface area contributed by atoms with Crippen molar-refractivity contribution in [1.29, 1.82) is 0 Å². The van der Waals surface area contributed by atoms with Crippen molar-refractivity contribution in [3.63, 3.8) is 0 Å². The number of carbonyl (C=O) groups is 1. The summed E-state index contributed by atoms with van der Waals surface area (Å²) in [5.74, 6) is 0.833. The maximum atomic E-state index is 11.5. The smallest absolute Gasteiger partial charge is 0.220 e. The lowest BCUT2D eigenvalue weighted by Crippen LogP contribution is -2.35. The zero-order valence-corrected chi connectivity index (χ0v) is 26.4. The number of aromatic nitrogens is 2. The number of hydrogen-bond donors (Lipinski definition) is 5. The van der Waals surface area contributed by atoms with Crippen LogP contribution in [0.1, 0.15) is 24.0 Å². The lowest BCUT2D eigenvalue weighted by Gasteiger charge is -2.32. The van der Waals surface area contributed by atoms with Crippen LogP contribution in [-0.4, -0.2) is 57.0 Å². The number of halogens is 2. The van der Waals surface area contributed by atoms with Gasteiger partial charge in [-0.1, -0.05) is 59.6 Å². The molecule has 4 heterocycles. The molecule has 1 amide bonds. The summed E-state index contributed by atoms with van der Waals surface area (Å²) in [6.07, 6.45) is 3.07. The van der Waals surface area contributed by atoms with Crippen LogP contribution in [0.4, 0.5) is 0 Å². The zero-order chi connectivity index (χ0) is 30.8. The van der Waals surface area contributed by atoms with Crippen LogP contribution in [0.3, 0.4) is 0 Å². The number of hydrogen-bond acceptors (Lipinski definition) is 8. The van der Waals surface area contributed by atoms with Crippen molar-refractivity contribution in [2.24, 2.45) is 0 Å². The monoisotopic (exact) mass is 653 g/mol. The Kier molecular flexibility index (Phi) is 9.11. The van der Waals surface area contributed by atoms with E-state index in [0.717, 1.165) is 23.1 Å². The van der Waals surface area contributed by atoms with Crippen LogP contribution >= 0.6 is 33.8 Å². The predicted octanol–water partition coefficient (Wildman–Crippen LogP) is 6.37. The molecule has 1 fully saturated rings. The van der Waals surface area contributed by atoms with Gasteiger partial charge in [0.1, 0.15) is 0 Å². The summed E-state index contributed by atoms with van der Waals surface area (Å²) >= 11 is 14.0. The molecular formula is C32H33Cl2N5O4S. The quantitative estimate of drug-likeness (QED) is 0.148. The van der Waals surface area contributed by atoms with Gasteiger partial charge in [0.05, 0.1) is 39.2 Å². The lowest BCUT2D eigenvalue weighted by atomic mass is 9.99. The van der Waals surface area contributed by atoms with Crippen molar-refractivity contribution in [3.05, 3.63) is 82.0 Å². The first-order valence-corrected chi connectivity index (χ1v) is 16.8. The second kappa shape index (κ2) is 13.0. The number of amides is 1. The Hall–Kier alpha value is -3.22. The fourth-order valence-corrected chi connectivity index (χ4v) is 7.80. The number of fused-ring (bicyclic) bond motifs is 1. The molecule has 2 aromatic heterocycles. The normalized spacial score (nSPS) is 18.3. The minimum absolute atomic E-state index is 0.0934. The van der Waals surface area contributed by atoms with Gasteiger partial charge in [-0.2, -0.15) is 10.6 Å². The molecule has 2 aromatic carbocycles. The number of nitrogens with one attached hydrogen (secondary N) is 3. The first kappa shape index (κ1) is 30.8. The van der Waals surface area contributed by atoms with Gasteiger partial charge in [-0.15, -0.1) is 0 Å². The average Bonchev–Trinajstić information content (AvgIpc) is 3.37. The second-order valence-electron chi connectivity index (χ2n) is 10.9. The molecule has 230 valence electrons. The molecule has 12 heteroatoms. The molecule has 2 aliphatic heterocycles. The highest BCUT2D eigenvalue weighted by molar-refractivity contribution is 8.24. The van der Waals surface area contributed by atoms with E-state index < -0.39 is 10.6 Å². The van der Waals surface area contributed by atoms with E-state index in [-0.39, 0.29) is 17.7 Å². The van der Waals surface area contributed by atoms with E-state index in [9.17, 15) is 13.9 Å². The maximum Gasteiger partial charge on any atom is 0.220 e. The molecule has 0 aliphatic carbocycles. The molecule has 5 N–H and O–H groups in total. The van der Waals surface area contributed by atoms with E-state index in [4.69, 9.17) is 32.9 Å². The summed E-state index contributed by atoms with van der Waals surface area (Å²) in [7, 11) is -1.35. The molecule has 0 bridgehead atoms. The topological polar surface area (TPSA) is 129 Å². The van der Waals surface area contributed by atoms with Crippen molar-refractivity contribution in [2.75, 3.05) is 26.0 Å². The van der Waals surface area contributed by atoms with Gasteiger partial charge < -0.3 is 20.7 Å². The summed E-state index contributed by atoms with van der Waals surface area (Å²) in [4.78, 5) is 21.3. The van der Waals surface area contributed by atoms with E-state index in [1.165, 1.54) is 0 Å². The molecule has 9 nitrogen and oxygen atoms in total. The van der Waals surface area contributed by atoms with Crippen LogP contribution < -0.4 is 20.7 Å². The number of carbonyl (C=O) groups excluding carboxylic acids is 1. The van der Waals surface area contributed by atoms with Crippen LogP contribution in [-0.2, 0) is 17.9 Å². The summed E-state index contributed by atoms with van der Waals surface area (Å²) in [6, 6.07) is 17.1. The number of rotatable bonds is 8. The standard InChI is InChI=1S/C32H33Cl2N5O4S/c1-43-32-21(17-36-18-22-8-10-28(40)38-22)7-9-26(39-32)25-4-2-3-23(29(25)33)24-11-12-37-31(30(24)34)19-5-6-20-16-35-13-14-44(41,42)27(20)15-19/h2-7,9,11-12,15,22,35-36,41-42H,8,10,13-14,16-18H2,1H3,(H,38,40). The molecule has 44 heavy (non-hydrogen) atoms. The Morgan fingerprint density at radius 2 is 1.89 bits per heavy atom. The minimum atomic E-state index is -2.94. The first-order chi connectivity index (χ1) is 21.2. The second-order valence-corrected chi connectivity index (χ2v) is 13.8. The van der Waals surface area contributed by atoms with Crippen molar-refractivity contribution < 1.29 is 18.6 Å². The number of benzene rings is 2. The molecular weight excluding hydrogens is 621 g/mol. The van der Waals surface area contributed by atoms with E-state index in [1.807, 2.05) is 48.5 Å². The van der Waals surface area contributed by atoms with E-state index in [1.54, 1.807) is 19.4 Å². The zero-order valence-electron chi connectivity index (χ0n) is 24.1. The Morgan fingerprint density at radius 1 is 1.07 bits per heavy atom.